The lowest BCUT2D eigenvalue weighted by Crippen LogP contribution is -1.78. The second-order valence-corrected chi connectivity index (χ2v) is 5.19. The Labute approximate surface area is 111 Å². The fraction of sp³-hybridized carbons (Fsp3) is 0. The second kappa shape index (κ2) is 3.56. The van der Waals surface area contributed by atoms with Crippen LogP contribution in [0.1, 0.15) is 0 Å². The predicted octanol–water partition coefficient (Wildman–Crippen LogP) is 4.90. The topological polar surface area (TPSA) is 26.0 Å². The molecule has 2 aromatic carbocycles. The van der Waals surface area contributed by atoms with Gasteiger partial charge in [-0.1, -0.05) is 34.1 Å². The maximum Gasteiger partial charge on any atom is 0.227 e. The zero-order valence-corrected chi connectivity index (χ0v) is 10.9. The van der Waals surface area contributed by atoms with E-state index in [1.807, 2.05) is 30.3 Å². The van der Waals surface area contributed by atoms with Crippen molar-refractivity contribution in [3.05, 3.63) is 53.0 Å². The first kappa shape index (κ1) is 10.1. The fourth-order valence-corrected chi connectivity index (χ4v) is 2.64. The van der Waals surface area contributed by atoms with E-state index in [1.54, 1.807) is 0 Å². The molecular formula is C15H8BrNO. The summed E-state index contributed by atoms with van der Waals surface area (Å²) < 4.78 is 6.83. The minimum absolute atomic E-state index is 0.696. The molecule has 0 saturated heterocycles. The van der Waals surface area contributed by atoms with E-state index in [4.69, 9.17) is 4.42 Å². The number of nitrogens with zero attached hydrogens (tertiary/aromatic N) is 1. The van der Waals surface area contributed by atoms with E-state index in [2.05, 4.69) is 39.1 Å². The molecule has 0 N–H and O–H groups in total. The molecule has 0 aliphatic heterocycles. The summed E-state index contributed by atoms with van der Waals surface area (Å²) in [7, 11) is 0. The average Bonchev–Trinajstić information content (AvgIpc) is 2.73. The van der Waals surface area contributed by atoms with Gasteiger partial charge in [-0.05, 0) is 30.3 Å². The number of hydrogen-bond acceptors (Lipinski definition) is 2. The Bertz CT molecular complexity index is 895. The van der Waals surface area contributed by atoms with Crippen LogP contribution in [0.4, 0.5) is 0 Å². The molecule has 2 aromatic heterocycles. The summed E-state index contributed by atoms with van der Waals surface area (Å²) in [5, 5.41) is 3.29. The first-order chi connectivity index (χ1) is 8.81. The van der Waals surface area contributed by atoms with Crippen LogP contribution >= 0.6 is 15.9 Å². The van der Waals surface area contributed by atoms with Gasteiger partial charge in [0.15, 0.2) is 0 Å². The van der Waals surface area contributed by atoms with E-state index in [-0.39, 0.29) is 0 Å². The third kappa shape index (κ3) is 1.37. The van der Waals surface area contributed by atoms with Crippen LogP contribution in [0.2, 0.25) is 0 Å². The molecule has 0 bridgehead atoms. The number of rotatable bonds is 0. The van der Waals surface area contributed by atoms with Gasteiger partial charge in [0.25, 0.3) is 0 Å². The molecule has 2 nitrogen and oxygen atoms in total. The summed E-state index contributed by atoms with van der Waals surface area (Å²) in [6, 6.07) is 16.2. The molecule has 0 amide bonds. The zero-order valence-electron chi connectivity index (χ0n) is 9.35. The second-order valence-electron chi connectivity index (χ2n) is 4.28. The molecule has 3 heteroatoms. The molecule has 4 rings (SSSR count). The normalized spacial score (nSPS) is 11.6. The highest BCUT2D eigenvalue weighted by molar-refractivity contribution is 9.10. The highest BCUT2D eigenvalue weighted by Crippen LogP contribution is 2.31. The molecule has 0 aliphatic rings. The number of furan rings is 1. The van der Waals surface area contributed by atoms with Crippen LogP contribution in [-0.2, 0) is 0 Å². The molecule has 0 fully saturated rings. The van der Waals surface area contributed by atoms with Crippen molar-refractivity contribution >= 4 is 48.9 Å². The van der Waals surface area contributed by atoms with Crippen LogP contribution in [0.15, 0.2) is 57.4 Å². The van der Waals surface area contributed by atoms with Crippen molar-refractivity contribution in [2.45, 2.75) is 0 Å². The molecular weight excluding hydrogens is 290 g/mol. The van der Waals surface area contributed by atoms with Gasteiger partial charge in [0, 0.05) is 20.6 Å². The first-order valence-electron chi connectivity index (χ1n) is 5.69. The summed E-state index contributed by atoms with van der Waals surface area (Å²) in [6.45, 7) is 0. The molecule has 0 saturated carbocycles. The highest BCUT2D eigenvalue weighted by Gasteiger charge is 2.09. The Morgan fingerprint density at radius 2 is 1.83 bits per heavy atom. The Kier molecular flexibility index (Phi) is 2.00. The van der Waals surface area contributed by atoms with Gasteiger partial charge >= 0.3 is 0 Å². The summed E-state index contributed by atoms with van der Waals surface area (Å²) in [6.07, 6.45) is 0. The van der Waals surface area contributed by atoms with Crippen LogP contribution in [-0.4, -0.2) is 4.98 Å². The van der Waals surface area contributed by atoms with Crippen LogP contribution in [0.3, 0.4) is 0 Å². The average molecular weight is 298 g/mol. The predicted molar refractivity (Wildman–Crippen MR) is 76.7 cm³/mol. The van der Waals surface area contributed by atoms with Crippen LogP contribution in [0.5, 0.6) is 0 Å². The molecule has 86 valence electrons. The van der Waals surface area contributed by atoms with Gasteiger partial charge in [-0.3, -0.25) is 0 Å². The lowest BCUT2D eigenvalue weighted by molar-refractivity contribution is 0.656. The molecule has 0 unspecified atom stereocenters. The Hall–Kier alpha value is -1.87. The lowest BCUT2D eigenvalue weighted by atomic mass is 10.1. The third-order valence-electron chi connectivity index (χ3n) is 3.13. The van der Waals surface area contributed by atoms with E-state index < -0.39 is 0 Å². The molecule has 0 radical (unpaired) electrons. The summed E-state index contributed by atoms with van der Waals surface area (Å²) in [5.74, 6) is 0. The number of halogens is 1. The number of benzene rings is 2. The third-order valence-corrected chi connectivity index (χ3v) is 3.62. The summed E-state index contributed by atoms with van der Waals surface area (Å²) in [5.41, 5.74) is 2.53. The minimum atomic E-state index is 0.696. The number of pyridine rings is 1. The maximum atomic E-state index is 5.78. The summed E-state index contributed by atoms with van der Waals surface area (Å²) >= 11 is 3.49. The fourth-order valence-electron chi connectivity index (χ4n) is 2.27. The molecule has 2 heterocycles. The smallest absolute Gasteiger partial charge is 0.227 e. The van der Waals surface area contributed by atoms with Crippen LogP contribution in [0, 0.1) is 0 Å². The highest BCUT2D eigenvalue weighted by atomic mass is 79.9. The van der Waals surface area contributed by atoms with Crippen molar-refractivity contribution in [3.63, 3.8) is 0 Å². The SMILES string of the molecule is Brc1ccc2oc3nc4ccccc4cc3c2c1. The van der Waals surface area contributed by atoms with Gasteiger partial charge < -0.3 is 4.42 Å². The summed E-state index contributed by atoms with van der Waals surface area (Å²) in [4.78, 5) is 4.56. The van der Waals surface area contributed by atoms with Crippen molar-refractivity contribution in [2.75, 3.05) is 0 Å². The van der Waals surface area contributed by atoms with Gasteiger partial charge in [-0.2, -0.15) is 0 Å². The number of para-hydroxylation sites is 1. The van der Waals surface area contributed by atoms with Crippen molar-refractivity contribution in [2.24, 2.45) is 0 Å². The number of fused-ring (bicyclic) bond motifs is 4. The van der Waals surface area contributed by atoms with E-state index in [9.17, 15) is 0 Å². The van der Waals surface area contributed by atoms with Gasteiger partial charge in [-0.15, -0.1) is 0 Å². The van der Waals surface area contributed by atoms with Gasteiger partial charge in [-0.25, -0.2) is 4.98 Å². The lowest BCUT2D eigenvalue weighted by Gasteiger charge is -1.95. The molecule has 0 atom stereocenters. The van der Waals surface area contributed by atoms with Gasteiger partial charge in [0.05, 0.1) is 5.52 Å². The number of aromatic nitrogens is 1. The van der Waals surface area contributed by atoms with E-state index in [1.165, 1.54) is 0 Å². The maximum absolute atomic E-state index is 5.78. The molecule has 4 aromatic rings. The standard InChI is InChI=1S/C15H8BrNO/c16-10-5-6-14-11(8-10)12-7-9-3-1-2-4-13(9)17-15(12)18-14/h1-8H. The largest absolute Gasteiger partial charge is 0.438 e. The first-order valence-corrected chi connectivity index (χ1v) is 6.48. The Morgan fingerprint density at radius 1 is 0.944 bits per heavy atom. The van der Waals surface area contributed by atoms with E-state index >= 15 is 0 Å². The quantitative estimate of drug-likeness (QED) is 0.461. The van der Waals surface area contributed by atoms with Crippen molar-refractivity contribution < 1.29 is 4.42 Å². The molecule has 18 heavy (non-hydrogen) atoms. The van der Waals surface area contributed by atoms with Crippen molar-refractivity contribution in [3.8, 4) is 0 Å². The van der Waals surface area contributed by atoms with Gasteiger partial charge in [0.1, 0.15) is 5.58 Å². The van der Waals surface area contributed by atoms with Crippen LogP contribution < -0.4 is 0 Å². The van der Waals surface area contributed by atoms with E-state index in [0.29, 0.717) is 5.71 Å². The molecule has 0 spiro atoms. The van der Waals surface area contributed by atoms with Gasteiger partial charge in [0.2, 0.25) is 5.71 Å². The Balaban J connectivity index is 2.25. The monoisotopic (exact) mass is 297 g/mol. The number of hydrogen-bond donors (Lipinski definition) is 0. The minimum Gasteiger partial charge on any atom is -0.438 e. The van der Waals surface area contributed by atoms with E-state index in [0.717, 1.165) is 31.7 Å². The molecule has 0 aliphatic carbocycles. The Morgan fingerprint density at radius 3 is 2.78 bits per heavy atom. The zero-order chi connectivity index (χ0) is 12.1. The van der Waals surface area contributed by atoms with Crippen molar-refractivity contribution in [1.82, 2.24) is 4.98 Å². The van der Waals surface area contributed by atoms with Crippen LogP contribution in [0.25, 0.3) is 33.0 Å². The van der Waals surface area contributed by atoms with Crippen molar-refractivity contribution in [1.29, 1.82) is 0 Å².